The predicted molar refractivity (Wildman–Crippen MR) is 87.4 cm³/mol. The molecule has 0 aromatic heterocycles. The molecular formula is C16H29NO3S. The molecule has 0 saturated carbocycles. The van der Waals surface area contributed by atoms with Crippen LogP contribution in [-0.4, -0.2) is 39.1 Å². The second-order valence-corrected chi connectivity index (χ2v) is 6.93. The summed E-state index contributed by atoms with van der Waals surface area (Å²) in [7, 11) is 0. The third-order valence-electron chi connectivity index (χ3n) is 4.01. The maximum atomic E-state index is 12.3. The molecule has 5 heteroatoms. The number of carbonyl (C=O) groups is 2. The van der Waals surface area contributed by atoms with Crippen LogP contribution in [-0.2, 0) is 9.59 Å². The molecule has 0 aromatic rings. The maximum Gasteiger partial charge on any atom is 0.327 e. The van der Waals surface area contributed by atoms with E-state index in [9.17, 15) is 14.7 Å². The SMILES string of the molecule is CCCCCCCCCC(=O)N1C(CC)SCC1C(=O)O. The van der Waals surface area contributed by atoms with Crippen molar-refractivity contribution in [3.63, 3.8) is 0 Å². The van der Waals surface area contributed by atoms with Crippen LogP contribution in [0.5, 0.6) is 0 Å². The lowest BCUT2D eigenvalue weighted by Gasteiger charge is -2.26. The zero-order chi connectivity index (χ0) is 15.7. The van der Waals surface area contributed by atoms with E-state index in [0.29, 0.717) is 12.2 Å². The molecule has 0 aromatic carbocycles. The minimum Gasteiger partial charge on any atom is -0.480 e. The van der Waals surface area contributed by atoms with Crippen LogP contribution in [0.3, 0.4) is 0 Å². The monoisotopic (exact) mass is 315 g/mol. The standard InChI is InChI=1S/C16H29NO3S/c1-3-5-6-7-8-9-10-11-14(18)17-13(16(19)20)12-21-15(17)4-2/h13,15H,3-12H2,1-2H3,(H,19,20). The molecule has 1 aliphatic rings. The summed E-state index contributed by atoms with van der Waals surface area (Å²) in [5.74, 6) is -0.324. The zero-order valence-electron chi connectivity index (χ0n) is 13.3. The first-order chi connectivity index (χ1) is 10.1. The van der Waals surface area contributed by atoms with Gasteiger partial charge in [-0.25, -0.2) is 4.79 Å². The van der Waals surface area contributed by atoms with Gasteiger partial charge in [0, 0.05) is 12.2 Å². The average molecular weight is 315 g/mol. The quantitative estimate of drug-likeness (QED) is 0.621. The molecule has 0 spiro atoms. The van der Waals surface area contributed by atoms with Crippen molar-refractivity contribution in [2.45, 2.75) is 83.1 Å². The fourth-order valence-corrected chi connectivity index (χ4v) is 4.13. The number of hydrogen-bond acceptors (Lipinski definition) is 3. The van der Waals surface area contributed by atoms with Crippen molar-refractivity contribution in [3.8, 4) is 0 Å². The van der Waals surface area contributed by atoms with E-state index >= 15 is 0 Å². The summed E-state index contributed by atoms with van der Waals surface area (Å²) < 4.78 is 0. The largest absolute Gasteiger partial charge is 0.480 e. The molecule has 4 nitrogen and oxygen atoms in total. The average Bonchev–Trinajstić information content (AvgIpc) is 2.90. The highest BCUT2D eigenvalue weighted by molar-refractivity contribution is 8.00. The highest BCUT2D eigenvalue weighted by atomic mass is 32.2. The molecule has 0 aliphatic carbocycles. The highest BCUT2D eigenvalue weighted by Crippen LogP contribution is 2.32. The van der Waals surface area contributed by atoms with Crippen LogP contribution >= 0.6 is 11.8 Å². The summed E-state index contributed by atoms with van der Waals surface area (Å²) in [6.07, 6.45) is 9.53. The van der Waals surface area contributed by atoms with E-state index in [4.69, 9.17) is 0 Å². The Morgan fingerprint density at radius 3 is 2.29 bits per heavy atom. The fraction of sp³-hybridized carbons (Fsp3) is 0.875. The van der Waals surface area contributed by atoms with Crippen molar-refractivity contribution in [3.05, 3.63) is 0 Å². The smallest absolute Gasteiger partial charge is 0.327 e. The molecule has 122 valence electrons. The van der Waals surface area contributed by atoms with E-state index in [1.807, 2.05) is 6.92 Å². The summed E-state index contributed by atoms with van der Waals surface area (Å²) in [6, 6.07) is -0.628. The summed E-state index contributed by atoms with van der Waals surface area (Å²) in [6.45, 7) is 4.21. The Morgan fingerprint density at radius 1 is 1.10 bits per heavy atom. The van der Waals surface area contributed by atoms with Crippen molar-refractivity contribution in [1.82, 2.24) is 4.90 Å². The van der Waals surface area contributed by atoms with Crippen LogP contribution in [0.1, 0.15) is 71.6 Å². The number of aliphatic carboxylic acids is 1. The molecule has 0 bridgehead atoms. The number of carboxylic acid groups (broad SMARTS) is 1. The molecule has 1 saturated heterocycles. The molecule has 21 heavy (non-hydrogen) atoms. The molecule has 1 N–H and O–H groups in total. The Kier molecular flexibility index (Phi) is 8.81. The number of rotatable bonds is 10. The Bertz CT molecular complexity index is 335. The minimum atomic E-state index is -0.869. The van der Waals surface area contributed by atoms with Gasteiger partial charge < -0.3 is 10.0 Å². The van der Waals surface area contributed by atoms with E-state index in [2.05, 4.69) is 6.92 Å². The summed E-state index contributed by atoms with van der Waals surface area (Å²) in [4.78, 5) is 25.2. The molecule has 1 amide bonds. The van der Waals surface area contributed by atoms with Gasteiger partial charge in [0.1, 0.15) is 6.04 Å². The number of carbonyl (C=O) groups excluding carboxylic acids is 1. The third kappa shape index (κ3) is 5.89. The molecule has 1 heterocycles. The van der Waals surface area contributed by atoms with E-state index in [1.54, 1.807) is 16.7 Å². The number of thioether (sulfide) groups is 1. The van der Waals surface area contributed by atoms with Gasteiger partial charge in [0.05, 0.1) is 5.37 Å². The number of amides is 1. The van der Waals surface area contributed by atoms with Crippen LogP contribution < -0.4 is 0 Å². The van der Waals surface area contributed by atoms with Crippen LogP contribution in [0.15, 0.2) is 0 Å². The first-order valence-electron chi connectivity index (χ1n) is 8.27. The Morgan fingerprint density at radius 2 is 1.71 bits per heavy atom. The zero-order valence-corrected chi connectivity index (χ0v) is 14.2. The fourth-order valence-electron chi connectivity index (χ4n) is 2.77. The molecule has 0 radical (unpaired) electrons. The normalized spacial score (nSPS) is 21.7. The van der Waals surface area contributed by atoms with E-state index in [1.165, 1.54) is 32.1 Å². The lowest BCUT2D eigenvalue weighted by molar-refractivity contribution is -0.149. The van der Waals surface area contributed by atoms with E-state index in [-0.39, 0.29) is 11.3 Å². The van der Waals surface area contributed by atoms with Crippen LogP contribution in [0, 0.1) is 0 Å². The third-order valence-corrected chi connectivity index (χ3v) is 5.46. The summed E-state index contributed by atoms with van der Waals surface area (Å²) >= 11 is 1.59. The Balaban J connectivity index is 2.30. The van der Waals surface area contributed by atoms with Gasteiger partial charge in [0.2, 0.25) is 5.91 Å². The highest BCUT2D eigenvalue weighted by Gasteiger charge is 2.40. The second-order valence-electron chi connectivity index (χ2n) is 5.72. The maximum absolute atomic E-state index is 12.3. The molecule has 1 aliphatic heterocycles. The van der Waals surface area contributed by atoms with E-state index < -0.39 is 12.0 Å². The first-order valence-corrected chi connectivity index (χ1v) is 9.32. The van der Waals surface area contributed by atoms with Crippen molar-refractivity contribution >= 4 is 23.6 Å². The van der Waals surface area contributed by atoms with Crippen molar-refractivity contribution < 1.29 is 14.7 Å². The topological polar surface area (TPSA) is 57.6 Å². The van der Waals surface area contributed by atoms with Gasteiger partial charge in [-0.15, -0.1) is 11.8 Å². The van der Waals surface area contributed by atoms with Crippen molar-refractivity contribution in [2.75, 3.05) is 5.75 Å². The number of nitrogens with zero attached hydrogens (tertiary/aromatic N) is 1. The summed E-state index contributed by atoms with van der Waals surface area (Å²) in [5, 5.41) is 9.28. The van der Waals surface area contributed by atoms with Gasteiger partial charge in [0.25, 0.3) is 0 Å². The van der Waals surface area contributed by atoms with Crippen LogP contribution in [0.2, 0.25) is 0 Å². The minimum absolute atomic E-state index is 0.0211. The molecule has 2 atom stereocenters. The molecular weight excluding hydrogens is 286 g/mol. The summed E-state index contributed by atoms with van der Waals surface area (Å²) in [5.41, 5.74) is 0. The first kappa shape index (κ1) is 18.3. The van der Waals surface area contributed by atoms with E-state index in [0.717, 1.165) is 19.3 Å². The van der Waals surface area contributed by atoms with Gasteiger partial charge in [-0.1, -0.05) is 52.4 Å². The molecule has 2 unspecified atom stereocenters. The Labute approximate surface area is 132 Å². The Hall–Kier alpha value is -0.710. The van der Waals surface area contributed by atoms with Gasteiger partial charge in [-0.2, -0.15) is 0 Å². The number of carboxylic acids is 1. The lowest BCUT2D eigenvalue weighted by atomic mass is 10.1. The van der Waals surface area contributed by atoms with Crippen molar-refractivity contribution in [1.29, 1.82) is 0 Å². The lowest BCUT2D eigenvalue weighted by Crippen LogP contribution is -2.45. The van der Waals surface area contributed by atoms with Gasteiger partial charge in [-0.05, 0) is 12.8 Å². The second kappa shape index (κ2) is 10.1. The van der Waals surface area contributed by atoms with Gasteiger partial charge in [-0.3, -0.25) is 4.79 Å². The van der Waals surface area contributed by atoms with Crippen molar-refractivity contribution in [2.24, 2.45) is 0 Å². The van der Waals surface area contributed by atoms with Gasteiger partial charge in [0.15, 0.2) is 0 Å². The number of unbranched alkanes of at least 4 members (excludes halogenated alkanes) is 6. The van der Waals surface area contributed by atoms with Crippen LogP contribution in [0.4, 0.5) is 0 Å². The number of hydrogen-bond donors (Lipinski definition) is 1. The predicted octanol–water partition coefficient (Wildman–Crippen LogP) is 3.89. The van der Waals surface area contributed by atoms with Crippen LogP contribution in [0.25, 0.3) is 0 Å². The van der Waals surface area contributed by atoms with Gasteiger partial charge >= 0.3 is 5.97 Å². The molecule has 1 fully saturated rings. The molecule has 1 rings (SSSR count).